The van der Waals surface area contributed by atoms with Crippen LogP contribution in [0.2, 0.25) is 5.02 Å². The summed E-state index contributed by atoms with van der Waals surface area (Å²) in [5.74, 6) is 0.877. The molecule has 41 heavy (non-hydrogen) atoms. The number of hydrogen-bond acceptors (Lipinski definition) is 3. The Bertz CT molecular complexity index is 1700. The van der Waals surface area contributed by atoms with Crippen molar-refractivity contribution in [3.05, 3.63) is 135 Å². The van der Waals surface area contributed by atoms with Crippen molar-refractivity contribution in [3.63, 3.8) is 0 Å². The monoisotopic (exact) mass is 564 g/mol. The van der Waals surface area contributed by atoms with E-state index in [1.165, 1.54) is 5.56 Å². The third kappa shape index (κ3) is 6.18. The van der Waals surface area contributed by atoms with Crippen LogP contribution < -0.4 is 10.9 Å². The molecule has 0 bridgehead atoms. The molecule has 0 saturated heterocycles. The van der Waals surface area contributed by atoms with E-state index in [1.807, 2.05) is 79.7 Å². The fourth-order valence-corrected chi connectivity index (χ4v) is 5.13. The number of para-hydroxylation sites is 1. The summed E-state index contributed by atoms with van der Waals surface area (Å²) < 4.78 is 1.61. The number of halogens is 1. The van der Waals surface area contributed by atoms with E-state index in [0.717, 1.165) is 5.56 Å². The molecule has 0 aliphatic rings. The maximum absolute atomic E-state index is 14.0. The van der Waals surface area contributed by atoms with E-state index < -0.39 is 6.04 Å². The number of fused-ring (bicyclic) bond motifs is 1. The molecule has 6 nitrogen and oxygen atoms in total. The molecule has 0 aliphatic heterocycles. The third-order valence-electron chi connectivity index (χ3n) is 7.23. The van der Waals surface area contributed by atoms with Crippen LogP contribution in [0.5, 0.6) is 0 Å². The number of nitrogens with one attached hydrogen (secondary N) is 1. The van der Waals surface area contributed by atoms with Gasteiger partial charge in [0.25, 0.3) is 5.56 Å². The third-order valence-corrected chi connectivity index (χ3v) is 7.48. The summed E-state index contributed by atoms with van der Waals surface area (Å²) in [6.45, 7) is 6.61. The maximum atomic E-state index is 14.0. The van der Waals surface area contributed by atoms with E-state index in [0.29, 0.717) is 52.0 Å². The standard InChI is InChI=1S/C34H33ClN4O2/c1-4-31(32-37-30-13-9-8-12-29(30)33(40)39(32)28-20-16-26(35)17-21-28)38(22-24-10-6-5-7-11-24)34(41)36-27-18-14-25(15-19-27)23(2)3/h5-21,23,31H,4,22H2,1-3H3,(H,36,41). The second-order valence-corrected chi connectivity index (χ2v) is 10.8. The van der Waals surface area contributed by atoms with Crippen LogP contribution in [0.1, 0.15) is 56.1 Å². The van der Waals surface area contributed by atoms with Gasteiger partial charge in [-0.1, -0.05) is 87.0 Å². The molecule has 1 atom stereocenters. The second kappa shape index (κ2) is 12.4. The Labute approximate surface area is 245 Å². The zero-order chi connectivity index (χ0) is 28.9. The highest BCUT2D eigenvalue weighted by atomic mass is 35.5. The molecule has 5 rings (SSSR count). The lowest BCUT2D eigenvalue weighted by molar-refractivity contribution is 0.177. The van der Waals surface area contributed by atoms with Crippen LogP contribution in [0.15, 0.2) is 108 Å². The zero-order valence-electron chi connectivity index (χ0n) is 23.4. The Hall–Kier alpha value is -4.42. The molecule has 7 heteroatoms. The van der Waals surface area contributed by atoms with Gasteiger partial charge in [0.05, 0.1) is 22.6 Å². The summed E-state index contributed by atoms with van der Waals surface area (Å²) >= 11 is 6.19. The van der Waals surface area contributed by atoms with E-state index in [2.05, 4.69) is 19.2 Å². The average Bonchev–Trinajstić information content (AvgIpc) is 2.98. The molecule has 0 saturated carbocycles. The molecule has 0 fully saturated rings. The van der Waals surface area contributed by atoms with Gasteiger partial charge in [-0.25, -0.2) is 9.78 Å². The van der Waals surface area contributed by atoms with Gasteiger partial charge in [0, 0.05) is 17.3 Å². The molecule has 1 N–H and O–H groups in total. The first-order chi connectivity index (χ1) is 19.9. The normalized spacial score (nSPS) is 11.9. The Morgan fingerprint density at radius 1 is 0.902 bits per heavy atom. The molecule has 208 valence electrons. The van der Waals surface area contributed by atoms with Gasteiger partial charge in [0.1, 0.15) is 5.82 Å². The van der Waals surface area contributed by atoms with Gasteiger partial charge in [-0.15, -0.1) is 0 Å². The second-order valence-electron chi connectivity index (χ2n) is 10.3. The summed E-state index contributed by atoms with van der Waals surface area (Å²) in [6, 6.07) is 31.3. The Morgan fingerprint density at radius 3 is 2.22 bits per heavy atom. The van der Waals surface area contributed by atoms with Gasteiger partial charge < -0.3 is 10.2 Å². The van der Waals surface area contributed by atoms with Crippen LogP contribution >= 0.6 is 11.6 Å². The van der Waals surface area contributed by atoms with Crippen molar-refractivity contribution in [1.82, 2.24) is 14.5 Å². The first kappa shape index (κ1) is 28.1. The van der Waals surface area contributed by atoms with Crippen LogP contribution in [0.25, 0.3) is 16.6 Å². The molecule has 2 amide bonds. The van der Waals surface area contributed by atoms with E-state index in [9.17, 15) is 9.59 Å². The molecular formula is C34H33ClN4O2. The molecule has 5 aromatic rings. The molecule has 4 aromatic carbocycles. The molecule has 1 heterocycles. The first-order valence-electron chi connectivity index (χ1n) is 13.8. The van der Waals surface area contributed by atoms with Crippen LogP contribution in [0.3, 0.4) is 0 Å². The summed E-state index contributed by atoms with van der Waals surface area (Å²) in [5, 5.41) is 4.16. The average molecular weight is 565 g/mol. The first-order valence-corrected chi connectivity index (χ1v) is 14.2. The molecular weight excluding hydrogens is 532 g/mol. The fourth-order valence-electron chi connectivity index (χ4n) is 5.01. The Kier molecular flexibility index (Phi) is 8.50. The van der Waals surface area contributed by atoms with E-state index in [-0.39, 0.29) is 11.6 Å². The smallest absolute Gasteiger partial charge is 0.310 e. The maximum Gasteiger partial charge on any atom is 0.322 e. The van der Waals surface area contributed by atoms with E-state index in [1.54, 1.807) is 39.8 Å². The summed E-state index contributed by atoms with van der Waals surface area (Å²) in [4.78, 5) is 34.7. The topological polar surface area (TPSA) is 67.2 Å². The van der Waals surface area contributed by atoms with Crippen LogP contribution in [0.4, 0.5) is 10.5 Å². The summed E-state index contributed by atoms with van der Waals surface area (Å²) in [5.41, 5.74) is 3.89. The zero-order valence-corrected chi connectivity index (χ0v) is 24.2. The van der Waals surface area contributed by atoms with E-state index in [4.69, 9.17) is 16.6 Å². The lowest BCUT2D eigenvalue weighted by Crippen LogP contribution is -2.40. The number of rotatable bonds is 8. The molecule has 0 spiro atoms. The highest BCUT2D eigenvalue weighted by molar-refractivity contribution is 6.30. The van der Waals surface area contributed by atoms with E-state index >= 15 is 0 Å². The minimum Gasteiger partial charge on any atom is -0.310 e. The number of nitrogens with zero attached hydrogens (tertiary/aromatic N) is 3. The summed E-state index contributed by atoms with van der Waals surface area (Å²) in [6.07, 6.45) is 0.533. The van der Waals surface area contributed by atoms with Crippen LogP contribution in [-0.2, 0) is 6.54 Å². The SMILES string of the molecule is CCC(c1nc2ccccc2c(=O)n1-c1ccc(Cl)cc1)N(Cc1ccccc1)C(=O)Nc1ccc(C(C)C)cc1. The highest BCUT2D eigenvalue weighted by Gasteiger charge is 2.29. The lowest BCUT2D eigenvalue weighted by Gasteiger charge is -2.32. The van der Waals surface area contributed by atoms with Crippen molar-refractivity contribution >= 4 is 34.2 Å². The van der Waals surface area contributed by atoms with Crippen molar-refractivity contribution in [2.45, 2.75) is 45.7 Å². The van der Waals surface area contributed by atoms with Gasteiger partial charge in [-0.05, 0) is 72.0 Å². The van der Waals surface area contributed by atoms with Crippen LogP contribution in [-0.4, -0.2) is 20.5 Å². The summed E-state index contributed by atoms with van der Waals surface area (Å²) in [7, 11) is 0. The number of carbonyl (C=O) groups excluding carboxylic acids is 1. The van der Waals surface area contributed by atoms with Crippen molar-refractivity contribution in [1.29, 1.82) is 0 Å². The Morgan fingerprint density at radius 2 is 1.56 bits per heavy atom. The molecule has 1 aromatic heterocycles. The highest BCUT2D eigenvalue weighted by Crippen LogP contribution is 2.29. The van der Waals surface area contributed by atoms with Crippen LogP contribution in [0, 0.1) is 0 Å². The van der Waals surface area contributed by atoms with Gasteiger partial charge in [0.15, 0.2) is 0 Å². The minimum absolute atomic E-state index is 0.198. The largest absolute Gasteiger partial charge is 0.322 e. The molecule has 1 unspecified atom stereocenters. The Balaban J connectivity index is 1.64. The molecule has 0 aliphatic carbocycles. The number of urea groups is 1. The predicted molar refractivity (Wildman–Crippen MR) is 167 cm³/mol. The predicted octanol–water partition coefficient (Wildman–Crippen LogP) is 8.35. The van der Waals surface area contributed by atoms with Gasteiger partial charge in [-0.2, -0.15) is 0 Å². The van der Waals surface area contributed by atoms with Gasteiger partial charge in [-0.3, -0.25) is 9.36 Å². The number of benzene rings is 4. The van der Waals surface area contributed by atoms with Gasteiger partial charge in [0.2, 0.25) is 0 Å². The number of hydrogen-bond donors (Lipinski definition) is 1. The minimum atomic E-state index is -0.516. The number of carbonyl (C=O) groups is 1. The number of anilines is 1. The van der Waals surface area contributed by atoms with Crippen molar-refractivity contribution in [2.24, 2.45) is 0 Å². The number of amides is 2. The van der Waals surface area contributed by atoms with Crippen molar-refractivity contribution in [3.8, 4) is 5.69 Å². The molecule has 0 radical (unpaired) electrons. The van der Waals surface area contributed by atoms with Gasteiger partial charge >= 0.3 is 6.03 Å². The van der Waals surface area contributed by atoms with Crippen molar-refractivity contribution in [2.75, 3.05) is 5.32 Å². The van der Waals surface area contributed by atoms with Crippen molar-refractivity contribution < 1.29 is 4.79 Å². The quantitative estimate of drug-likeness (QED) is 0.206. The fraction of sp³-hybridized carbons (Fsp3) is 0.206. The number of aromatic nitrogens is 2. The lowest BCUT2D eigenvalue weighted by atomic mass is 10.0.